The van der Waals surface area contributed by atoms with Gasteiger partial charge in [0.1, 0.15) is 0 Å². The summed E-state index contributed by atoms with van der Waals surface area (Å²) in [6, 6.07) is 0.781. The molecular formula is C17H35N. The van der Waals surface area contributed by atoms with Gasteiger partial charge in [0.25, 0.3) is 0 Å². The number of rotatable bonds is 8. The van der Waals surface area contributed by atoms with Gasteiger partial charge in [-0.3, -0.25) is 0 Å². The molecule has 0 aliphatic carbocycles. The Labute approximate surface area is 115 Å². The highest BCUT2D eigenvalue weighted by Gasteiger charge is 2.45. The molecule has 1 heterocycles. The maximum atomic E-state index is 4.05. The summed E-state index contributed by atoms with van der Waals surface area (Å²) in [4.78, 5) is 0. The van der Waals surface area contributed by atoms with Gasteiger partial charge in [-0.05, 0) is 37.5 Å². The van der Waals surface area contributed by atoms with Gasteiger partial charge in [0, 0.05) is 11.6 Å². The van der Waals surface area contributed by atoms with Gasteiger partial charge in [0.2, 0.25) is 0 Å². The third kappa shape index (κ3) is 3.50. The van der Waals surface area contributed by atoms with E-state index in [0.717, 1.165) is 17.9 Å². The lowest BCUT2D eigenvalue weighted by Gasteiger charge is -2.40. The molecule has 1 rings (SSSR count). The highest BCUT2D eigenvalue weighted by molar-refractivity contribution is 5.03. The van der Waals surface area contributed by atoms with Crippen molar-refractivity contribution in [3.05, 3.63) is 0 Å². The Bertz CT molecular complexity index is 226. The fourth-order valence-electron chi connectivity index (χ4n) is 4.05. The summed E-state index contributed by atoms with van der Waals surface area (Å²) in [5, 5.41) is 4.05. The second kappa shape index (κ2) is 7.53. The summed E-state index contributed by atoms with van der Waals surface area (Å²) < 4.78 is 0. The third-order valence-corrected chi connectivity index (χ3v) is 5.35. The Morgan fingerprint density at radius 3 is 2.39 bits per heavy atom. The van der Waals surface area contributed by atoms with Crippen molar-refractivity contribution in [1.29, 1.82) is 0 Å². The predicted octanol–water partition coefficient (Wildman–Crippen LogP) is 5.15. The normalized spacial score (nSPS) is 33.8. The summed E-state index contributed by atoms with van der Waals surface area (Å²) in [5.41, 5.74) is 0.424. The molecule has 0 saturated carbocycles. The van der Waals surface area contributed by atoms with Crippen LogP contribution in [-0.4, -0.2) is 11.6 Å². The van der Waals surface area contributed by atoms with E-state index in [4.69, 9.17) is 0 Å². The largest absolute Gasteiger partial charge is 0.308 e. The Morgan fingerprint density at radius 1 is 1.17 bits per heavy atom. The van der Waals surface area contributed by atoms with Crippen LogP contribution in [0.1, 0.15) is 86.0 Å². The summed E-state index contributed by atoms with van der Waals surface area (Å²) >= 11 is 0. The van der Waals surface area contributed by atoms with Gasteiger partial charge >= 0.3 is 0 Å². The van der Waals surface area contributed by atoms with Gasteiger partial charge in [-0.2, -0.15) is 0 Å². The fourth-order valence-corrected chi connectivity index (χ4v) is 4.05. The van der Waals surface area contributed by atoms with Crippen LogP contribution in [0.25, 0.3) is 0 Å². The predicted molar refractivity (Wildman–Crippen MR) is 81.9 cm³/mol. The van der Waals surface area contributed by atoms with Crippen LogP contribution in [0.15, 0.2) is 0 Å². The van der Waals surface area contributed by atoms with Crippen molar-refractivity contribution >= 4 is 0 Å². The van der Waals surface area contributed by atoms with Crippen molar-refractivity contribution in [2.45, 2.75) is 97.6 Å². The summed E-state index contributed by atoms with van der Waals surface area (Å²) in [6.45, 7) is 11.9. The molecule has 108 valence electrons. The molecule has 1 N–H and O–H groups in total. The number of hydrogen-bond acceptors (Lipinski definition) is 1. The molecule has 0 aromatic heterocycles. The van der Waals surface area contributed by atoms with E-state index in [1.54, 1.807) is 0 Å². The zero-order chi connectivity index (χ0) is 13.6. The molecule has 0 aromatic carbocycles. The van der Waals surface area contributed by atoms with Gasteiger partial charge < -0.3 is 5.32 Å². The van der Waals surface area contributed by atoms with E-state index in [9.17, 15) is 0 Å². The first kappa shape index (κ1) is 16.0. The molecule has 0 aromatic rings. The quantitative estimate of drug-likeness (QED) is 0.631. The zero-order valence-corrected chi connectivity index (χ0v) is 13.4. The molecule has 1 aliphatic rings. The number of nitrogens with one attached hydrogen (secondary N) is 1. The number of hydrogen-bond donors (Lipinski definition) is 1. The van der Waals surface area contributed by atoms with Gasteiger partial charge in [0.15, 0.2) is 0 Å². The van der Waals surface area contributed by atoms with E-state index in [1.807, 2.05) is 0 Å². The Hall–Kier alpha value is -0.0400. The SMILES string of the molecule is CCCCC1CC(C)C(CC)(C(C)CCCC)N1. The molecule has 0 bridgehead atoms. The van der Waals surface area contributed by atoms with Crippen molar-refractivity contribution in [1.82, 2.24) is 5.32 Å². The van der Waals surface area contributed by atoms with Crippen LogP contribution >= 0.6 is 0 Å². The molecule has 1 heteroatoms. The topological polar surface area (TPSA) is 12.0 Å². The van der Waals surface area contributed by atoms with Crippen molar-refractivity contribution in [2.75, 3.05) is 0 Å². The molecular weight excluding hydrogens is 218 g/mol. The van der Waals surface area contributed by atoms with E-state index in [-0.39, 0.29) is 0 Å². The second-order valence-electron chi connectivity index (χ2n) is 6.56. The van der Waals surface area contributed by atoms with Gasteiger partial charge in [-0.25, -0.2) is 0 Å². The number of unbranched alkanes of at least 4 members (excludes halogenated alkanes) is 2. The lowest BCUT2D eigenvalue weighted by molar-refractivity contribution is 0.171. The van der Waals surface area contributed by atoms with Crippen LogP contribution in [-0.2, 0) is 0 Å². The fraction of sp³-hybridized carbons (Fsp3) is 1.00. The van der Waals surface area contributed by atoms with Crippen LogP contribution in [0.3, 0.4) is 0 Å². The maximum absolute atomic E-state index is 4.05. The first-order chi connectivity index (χ1) is 8.60. The molecule has 0 spiro atoms. The molecule has 4 unspecified atom stereocenters. The van der Waals surface area contributed by atoms with Gasteiger partial charge in [0.05, 0.1) is 0 Å². The van der Waals surface area contributed by atoms with Crippen molar-refractivity contribution in [2.24, 2.45) is 11.8 Å². The highest BCUT2D eigenvalue weighted by atomic mass is 15.1. The molecule has 1 saturated heterocycles. The third-order valence-electron chi connectivity index (χ3n) is 5.35. The van der Waals surface area contributed by atoms with E-state index in [2.05, 4.69) is 39.9 Å². The van der Waals surface area contributed by atoms with Crippen molar-refractivity contribution in [3.8, 4) is 0 Å². The first-order valence-corrected chi connectivity index (χ1v) is 8.38. The zero-order valence-electron chi connectivity index (χ0n) is 13.4. The summed E-state index contributed by atoms with van der Waals surface area (Å²) in [5.74, 6) is 1.67. The average molecular weight is 253 g/mol. The van der Waals surface area contributed by atoms with Crippen LogP contribution in [0.2, 0.25) is 0 Å². The van der Waals surface area contributed by atoms with Crippen molar-refractivity contribution < 1.29 is 0 Å². The molecule has 4 atom stereocenters. The summed E-state index contributed by atoms with van der Waals surface area (Å²) in [6.07, 6.45) is 10.9. The van der Waals surface area contributed by atoms with Crippen LogP contribution in [0.4, 0.5) is 0 Å². The molecule has 1 fully saturated rings. The second-order valence-corrected chi connectivity index (χ2v) is 6.56. The van der Waals surface area contributed by atoms with E-state index in [0.29, 0.717) is 5.54 Å². The maximum Gasteiger partial charge on any atom is 0.0233 e. The van der Waals surface area contributed by atoms with E-state index >= 15 is 0 Å². The minimum atomic E-state index is 0.424. The lowest BCUT2D eigenvalue weighted by Crippen LogP contribution is -2.51. The minimum absolute atomic E-state index is 0.424. The highest BCUT2D eigenvalue weighted by Crippen LogP contribution is 2.41. The summed E-state index contributed by atoms with van der Waals surface area (Å²) in [7, 11) is 0. The molecule has 1 nitrogen and oxygen atoms in total. The molecule has 0 radical (unpaired) electrons. The van der Waals surface area contributed by atoms with Gasteiger partial charge in [-0.1, -0.05) is 60.3 Å². The Morgan fingerprint density at radius 2 is 1.83 bits per heavy atom. The smallest absolute Gasteiger partial charge is 0.0233 e. The van der Waals surface area contributed by atoms with Gasteiger partial charge in [-0.15, -0.1) is 0 Å². The van der Waals surface area contributed by atoms with Crippen LogP contribution in [0, 0.1) is 11.8 Å². The minimum Gasteiger partial charge on any atom is -0.308 e. The van der Waals surface area contributed by atoms with Crippen LogP contribution < -0.4 is 5.32 Å². The Kier molecular flexibility index (Phi) is 6.70. The Balaban J connectivity index is 2.62. The molecule has 0 amide bonds. The average Bonchev–Trinajstić information content (AvgIpc) is 2.71. The van der Waals surface area contributed by atoms with E-state index < -0.39 is 0 Å². The van der Waals surface area contributed by atoms with Crippen LogP contribution in [0.5, 0.6) is 0 Å². The monoisotopic (exact) mass is 253 g/mol. The molecule has 18 heavy (non-hydrogen) atoms. The first-order valence-electron chi connectivity index (χ1n) is 8.38. The standard InChI is InChI=1S/C17H35N/c1-6-9-11-14(4)17(8-3)15(5)13-16(18-17)12-10-7-2/h14-16,18H,6-13H2,1-5H3. The lowest BCUT2D eigenvalue weighted by atomic mass is 9.73. The van der Waals surface area contributed by atoms with Crippen molar-refractivity contribution in [3.63, 3.8) is 0 Å². The van der Waals surface area contributed by atoms with E-state index in [1.165, 1.54) is 51.4 Å². The molecule has 1 aliphatic heterocycles.